The second kappa shape index (κ2) is 5.18. The molecule has 0 aliphatic heterocycles. The average Bonchev–Trinajstić information content (AvgIpc) is 2.38. The Labute approximate surface area is 111 Å². The Morgan fingerprint density at radius 1 is 1.05 bits per heavy atom. The number of nitro benzene ring substituents is 1. The average molecular weight is 276 g/mol. The maximum absolute atomic E-state index is 10.7. The molecule has 0 saturated carbocycles. The van der Waals surface area contributed by atoms with Crippen LogP contribution in [-0.4, -0.2) is 14.8 Å². The molecule has 9 heteroatoms. The van der Waals surface area contributed by atoms with E-state index < -0.39 is 9.85 Å². The Hall–Kier alpha value is -3.23. The molecule has 102 valence electrons. The van der Waals surface area contributed by atoms with E-state index >= 15 is 0 Å². The van der Waals surface area contributed by atoms with Crippen LogP contribution in [0.4, 0.5) is 17.2 Å². The van der Waals surface area contributed by atoms with Gasteiger partial charge in [0, 0.05) is 6.07 Å². The molecule has 0 unspecified atom stereocenters. The molecule has 0 atom stereocenters. The van der Waals surface area contributed by atoms with E-state index in [4.69, 9.17) is 10.5 Å². The van der Waals surface area contributed by atoms with Crippen molar-refractivity contribution >= 4 is 17.2 Å². The van der Waals surface area contributed by atoms with Gasteiger partial charge in [0.2, 0.25) is 5.88 Å². The molecule has 2 rings (SSSR count). The largest absolute Gasteiger partial charge is 0.438 e. The topological polar surface area (TPSA) is 134 Å². The molecule has 0 radical (unpaired) electrons. The van der Waals surface area contributed by atoms with Gasteiger partial charge in [0.25, 0.3) is 11.4 Å². The zero-order valence-electron chi connectivity index (χ0n) is 9.92. The summed E-state index contributed by atoms with van der Waals surface area (Å²) in [7, 11) is 0. The lowest BCUT2D eigenvalue weighted by molar-refractivity contribution is -0.384. The molecule has 0 spiro atoms. The number of rotatable bonds is 4. The molecule has 2 N–H and O–H groups in total. The summed E-state index contributed by atoms with van der Waals surface area (Å²) in [5, 5.41) is 21.3. The summed E-state index contributed by atoms with van der Waals surface area (Å²) in [5.41, 5.74) is 4.98. The van der Waals surface area contributed by atoms with Crippen molar-refractivity contribution in [3.05, 3.63) is 56.6 Å². The molecule has 2 aromatic rings. The number of nitrogen functional groups attached to an aromatic ring is 1. The van der Waals surface area contributed by atoms with Crippen molar-refractivity contribution in [2.45, 2.75) is 0 Å². The molecule has 0 fully saturated rings. The van der Waals surface area contributed by atoms with Crippen LogP contribution < -0.4 is 10.5 Å². The zero-order chi connectivity index (χ0) is 14.7. The van der Waals surface area contributed by atoms with Crippen molar-refractivity contribution in [1.29, 1.82) is 0 Å². The van der Waals surface area contributed by atoms with Crippen LogP contribution in [0.2, 0.25) is 0 Å². The molecule has 0 aliphatic carbocycles. The highest BCUT2D eigenvalue weighted by molar-refractivity contribution is 5.47. The molecule has 1 aromatic carbocycles. The number of nitrogens with zero attached hydrogens (tertiary/aromatic N) is 3. The SMILES string of the molecule is Nc1cc([N+](=O)[O-])cc(Oc2cccc([N+](=O)[O-])c2)n1. The van der Waals surface area contributed by atoms with Gasteiger partial charge in [-0.15, -0.1) is 0 Å². The Bertz CT molecular complexity index is 688. The first-order valence-corrected chi connectivity index (χ1v) is 5.30. The number of anilines is 1. The lowest BCUT2D eigenvalue weighted by Crippen LogP contribution is -1.97. The monoisotopic (exact) mass is 276 g/mol. The molecule has 0 aliphatic rings. The second-order valence-corrected chi connectivity index (χ2v) is 3.70. The summed E-state index contributed by atoms with van der Waals surface area (Å²) in [6.45, 7) is 0. The van der Waals surface area contributed by atoms with E-state index in [9.17, 15) is 20.2 Å². The minimum absolute atomic E-state index is 0.0837. The minimum Gasteiger partial charge on any atom is -0.438 e. The summed E-state index contributed by atoms with van der Waals surface area (Å²) in [6, 6.07) is 7.52. The zero-order valence-corrected chi connectivity index (χ0v) is 9.92. The molecule has 20 heavy (non-hydrogen) atoms. The summed E-state index contributed by atoms with van der Waals surface area (Å²) in [6.07, 6.45) is 0. The van der Waals surface area contributed by atoms with Crippen LogP contribution >= 0.6 is 0 Å². The first kappa shape index (κ1) is 13.2. The number of benzene rings is 1. The quantitative estimate of drug-likeness (QED) is 0.668. The van der Waals surface area contributed by atoms with Gasteiger partial charge in [-0.25, -0.2) is 0 Å². The maximum Gasteiger partial charge on any atom is 0.278 e. The maximum atomic E-state index is 10.7. The van der Waals surface area contributed by atoms with Crippen LogP contribution in [0.1, 0.15) is 0 Å². The molecular weight excluding hydrogens is 268 g/mol. The molecule has 9 nitrogen and oxygen atoms in total. The van der Waals surface area contributed by atoms with Crippen molar-refractivity contribution in [2.24, 2.45) is 0 Å². The summed E-state index contributed by atoms with van der Waals surface area (Å²) < 4.78 is 5.24. The van der Waals surface area contributed by atoms with Gasteiger partial charge in [-0.1, -0.05) is 6.07 Å². The van der Waals surface area contributed by atoms with Gasteiger partial charge in [0.1, 0.15) is 11.6 Å². The van der Waals surface area contributed by atoms with Gasteiger partial charge in [0.05, 0.1) is 28.0 Å². The van der Waals surface area contributed by atoms with Crippen molar-refractivity contribution in [2.75, 3.05) is 5.73 Å². The molecular formula is C11H8N4O5. The van der Waals surface area contributed by atoms with Crippen LogP contribution in [0.25, 0.3) is 0 Å². The lowest BCUT2D eigenvalue weighted by atomic mass is 10.3. The van der Waals surface area contributed by atoms with Crippen LogP contribution in [0, 0.1) is 20.2 Å². The normalized spacial score (nSPS) is 10.0. The molecule has 0 amide bonds. The Kier molecular flexibility index (Phi) is 3.42. The highest BCUT2D eigenvalue weighted by Gasteiger charge is 2.12. The third-order valence-electron chi connectivity index (χ3n) is 2.27. The van der Waals surface area contributed by atoms with E-state index in [-0.39, 0.29) is 28.8 Å². The second-order valence-electron chi connectivity index (χ2n) is 3.70. The number of ether oxygens (including phenoxy) is 1. The van der Waals surface area contributed by atoms with Gasteiger partial charge in [-0.3, -0.25) is 20.2 Å². The molecule has 0 bridgehead atoms. The predicted molar refractivity (Wildman–Crippen MR) is 68.5 cm³/mol. The van der Waals surface area contributed by atoms with Crippen molar-refractivity contribution in [3.8, 4) is 11.6 Å². The fourth-order valence-electron chi connectivity index (χ4n) is 1.45. The van der Waals surface area contributed by atoms with Crippen LogP contribution in [0.5, 0.6) is 11.6 Å². The first-order valence-electron chi connectivity index (χ1n) is 5.30. The third-order valence-corrected chi connectivity index (χ3v) is 2.27. The highest BCUT2D eigenvalue weighted by atomic mass is 16.6. The summed E-state index contributed by atoms with van der Waals surface area (Å²) in [5.74, 6) is -0.0663. The van der Waals surface area contributed by atoms with Gasteiger partial charge >= 0.3 is 0 Å². The van der Waals surface area contributed by atoms with Crippen molar-refractivity contribution in [3.63, 3.8) is 0 Å². The fourth-order valence-corrected chi connectivity index (χ4v) is 1.45. The fraction of sp³-hybridized carbons (Fsp3) is 0. The van der Waals surface area contributed by atoms with E-state index in [0.29, 0.717) is 0 Å². The number of pyridine rings is 1. The van der Waals surface area contributed by atoms with E-state index in [2.05, 4.69) is 4.98 Å². The smallest absolute Gasteiger partial charge is 0.278 e. The van der Waals surface area contributed by atoms with Crippen molar-refractivity contribution < 1.29 is 14.6 Å². The number of hydrogen-bond donors (Lipinski definition) is 1. The van der Waals surface area contributed by atoms with Gasteiger partial charge in [-0.2, -0.15) is 4.98 Å². The van der Waals surface area contributed by atoms with Crippen molar-refractivity contribution in [1.82, 2.24) is 4.98 Å². The number of hydrogen-bond acceptors (Lipinski definition) is 7. The Morgan fingerprint density at radius 2 is 1.75 bits per heavy atom. The van der Waals surface area contributed by atoms with E-state index in [1.165, 1.54) is 24.3 Å². The first-order chi connectivity index (χ1) is 9.45. The third kappa shape index (κ3) is 2.96. The number of nitrogens with two attached hydrogens (primary N) is 1. The lowest BCUT2D eigenvalue weighted by Gasteiger charge is -2.05. The minimum atomic E-state index is -0.641. The Balaban J connectivity index is 2.32. The molecule has 0 saturated heterocycles. The predicted octanol–water partition coefficient (Wildman–Crippen LogP) is 2.27. The summed E-state index contributed by atoms with van der Waals surface area (Å²) in [4.78, 5) is 23.9. The van der Waals surface area contributed by atoms with Crippen LogP contribution in [0.3, 0.4) is 0 Å². The van der Waals surface area contributed by atoms with E-state index in [1.54, 1.807) is 0 Å². The molecule has 1 aromatic heterocycles. The van der Waals surface area contributed by atoms with E-state index in [1.807, 2.05) is 0 Å². The molecule has 1 heterocycles. The standard InChI is InChI=1S/C11H8N4O5/c12-10-5-8(15(18)19)6-11(13-10)20-9-3-1-2-7(4-9)14(16)17/h1-6H,(H2,12,13). The Morgan fingerprint density at radius 3 is 2.40 bits per heavy atom. The number of nitro groups is 2. The van der Waals surface area contributed by atoms with Gasteiger partial charge in [0.15, 0.2) is 0 Å². The van der Waals surface area contributed by atoms with Gasteiger partial charge in [-0.05, 0) is 6.07 Å². The van der Waals surface area contributed by atoms with Crippen LogP contribution in [-0.2, 0) is 0 Å². The van der Waals surface area contributed by atoms with Gasteiger partial charge < -0.3 is 10.5 Å². The number of non-ortho nitro benzene ring substituents is 1. The summed E-state index contributed by atoms with van der Waals surface area (Å²) >= 11 is 0. The number of aromatic nitrogens is 1. The van der Waals surface area contributed by atoms with Crippen LogP contribution in [0.15, 0.2) is 36.4 Å². The highest BCUT2D eigenvalue weighted by Crippen LogP contribution is 2.27. The van der Waals surface area contributed by atoms with E-state index in [0.717, 1.165) is 12.1 Å².